The van der Waals surface area contributed by atoms with E-state index in [2.05, 4.69) is 4.99 Å². The molecule has 2 amide bonds. The van der Waals surface area contributed by atoms with Crippen LogP contribution < -0.4 is 10.5 Å². The Balaban J connectivity index is 1.61. The summed E-state index contributed by atoms with van der Waals surface area (Å²) in [5.41, 5.74) is 7.56. The summed E-state index contributed by atoms with van der Waals surface area (Å²) in [7, 11) is 0. The van der Waals surface area contributed by atoms with Gasteiger partial charge in [-0.25, -0.2) is 4.79 Å². The predicted molar refractivity (Wildman–Crippen MR) is 140 cm³/mol. The minimum atomic E-state index is -0.746. The molecule has 198 valence electrons. The van der Waals surface area contributed by atoms with Gasteiger partial charge in [0.05, 0.1) is 0 Å². The van der Waals surface area contributed by atoms with E-state index in [0.29, 0.717) is 29.8 Å². The summed E-state index contributed by atoms with van der Waals surface area (Å²) in [5.74, 6) is -0.0502. The summed E-state index contributed by atoms with van der Waals surface area (Å²) in [5, 5.41) is 0. The third-order valence-electron chi connectivity index (χ3n) is 5.25. The van der Waals surface area contributed by atoms with Crippen LogP contribution in [-0.4, -0.2) is 53.0 Å². The standard InChI is InChI=1S/C28H35N3O6/c1-27(2,3)36-23(32)16-31-14-13-19-11-12-21(15-22(19)25(31)33)35-17-18-7-9-20(10-8-18)24(29)30-26(34)37-28(4,5)6/h7-12,15H,13-14,16-17H2,1-6H3,(H2,29,30,34). The van der Waals surface area contributed by atoms with E-state index < -0.39 is 23.3 Å². The number of benzene rings is 2. The molecule has 1 aliphatic rings. The van der Waals surface area contributed by atoms with Crippen LogP contribution in [-0.2, 0) is 27.3 Å². The van der Waals surface area contributed by atoms with Gasteiger partial charge in [-0.1, -0.05) is 30.3 Å². The molecule has 2 aromatic rings. The second kappa shape index (κ2) is 11.0. The summed E-state index contributed by atoms with van der Waals surface area (Å²) in [4.78, 5) is 42.4. The number of ether oxygens (including phenoxy) is 3. The van der Waals surface area contributed by atoms with Crippen molar-refractivity contribution in [2.24, 2.45) is 10.7 Å². The summed E-state index contributed by atoms with van der Waals surface area (Å²) in [6, 6.07) is 12.5. The van der Waals surface area contributed by atoms with Gasteiger partial charge < -0.3 is 24.8 Å². The van der Waals surface area contributed by atoms with Crippen LogP contribution in [0.4, 0.5) is 4.79 Å². The normalized spacial score (nSPS) is 14.2. The molecule has 0 unspecified atom stereocenters. The SMILES string of the molecule is CC(C)(C)OC(=O)CN1CCc2ccc(OCc3ccc(/C(N)=N\C(=O)OC(C)(C)C)cc3)cc2C1=O. The fourth-order valence-electron chi connectivity index (χ4n) is 3.66. The fourth-order valence-corrected chi connectivity index (χ4v) is 3.66. The first-order valence-corrected chi connectivity index (χ1v) is 12.1. The van der Waals surface area contributed by atoms with Crippen molar-refractivity contribution < 1.29 is 28.6 Å². The van der Waals surface area contributed by atoms with Crippen LogP contribution in [0.2, 0.25) is 0 Å². The van der Waals surface area contributed by atoms with Crippen molar-refractivity contribution in [3.8, 4) is 5.75 Å². The first kappa shape index (κ1) is 27.7. The number of hydrogen-bond acceptors (Lipinski definition) is 6. The van der Waals surface area contributed by atoms with Crippen molar-refractivity contribution in [3.63, 3.8) is 0 Å². The van der Waals surface area contributed by atoms with Gasteiger partial charge in [-0.2, -0.15) is 4.99 Å². The van der Waals surface area contributed by atoms with Gasteiger partial charge in [0.1, 0.15) is 35.9 Å². The van der Waals surface area contributed by atoms with E-state index in [1.54, 1.807) is 59.7 Å². The maximum absolute atomic E-state index is 13.0. The molecule has 0 radical (unpaired) electrons. The van der Waals surface area contributed by atoms with E-state index in [4.69, 9.17) is 19.9 Å². The molecule has 37 heavy (non-hydrogen) atoms. The highest BCUT2D eigenvalue weighted by Crippen LogP contribution is 2.25. The van der Waals surface area contributed by atoms with E-state index in [1.807, 2.05) is 24.3 Å². The molecule has 9 nitrogen and oxygen atoms in total. The van der Waals surface area contributed by atoms with Gasteiger partial charge in [-0.3, -0.25) is 9.59 Å². The molecule has 0 spiro atoms. The Kier molecular flexibility index (Phi) is 8.25. The molecule has 0 atom stereocenters. The summed E-state index contributed by atoms with van der Waals surface area (Å²) < 4.78 is 16.4. The van der Waals surface area contributed by atoms with Crippen LogP contribution >= 0.6 is 0 Å². The van der Waals surface area contributed by atoms with E-state index in [-0.39, 0.29) is 24.9 Å². The molecule has 0 aromatic heterocycles. The van der Waals surface area contributed by atoms with Gasteiger partial charge in [-0.15, -0.1) is 0 Å². The molecular formula is C28H35N3O6. The molecule has 2 N–H and O–H groups in total. The third kappa shape index (κ3) is 8.34. The highest BCUT2D eigenvalue weighted by atomic mass is 16.6. The zero-order valence-corrected chi connectivity index (χ0v) is 22.3. The number of carbonyl (C=O) groups excluding carboxylic acids is 3. The molecule has 0 aliphatic carbocycles. The first-order valence-electron chi connectivity index (χ1n) is 12.1. The van der Waals surface area contributed by atoms with Gasteiger partial charge in [0.2, 0.25) is 0 Å². The number of nitrogens with two attached hydrogens (primary N) is 1. The number of nitrogens with zero attached hydrogens (tertiary/aromatic N) is 2. The zero-order chi connectivity index (χ0) is 27.4. The first-order chi connectivity index (χ1) is 17.2. The molecule has 0 fully saturated rings. The molecular weight excluding hydrogens is 474 g/mol. The van der Waals surface area contributed by atoms with Gasteiger partial charge in [0.25, 0.3) is 5.91 Å². The van der Waals surface area contributed by atoms with Crippen molar-refractivity contribution in [1.82, 2.24) is 4.90 Å². The van der Waals surface area contributed by atoms with Crippen LogP contribution in [0.5, 0.6) is 5.75 Å². The quantitative estimate of drug-likeness (QED) is 0.351. The molecule has 3 rings (SSSR count). The maximum atomic E-state index is 13.0. The van der Waals surface area contributed by atoms with Crippen molar-refractivity contribution in [2.75, 3.05) is 13.1 Å². The fraction of sp³-hybridized carbons (Fsp3) is 0.429. The van der Waals surface area contributed by atoms with E-state index >= 15 is 0 Å². The summed E-state index contributed by atoms with van der Waals surface area (Å²) >= 11 is 0. The Morgan fingerprint density at radius 3 is 2.24 bits per heavy atom. The average Bonchev–Trinajstić information content (AvgIpc) is 2.77. The molecule has 1 aliphatic heterocycles. The Labute approximate surface area is 217 Å². The van der Waals surface area contributed by atoms with Crippen LogP contribution in [0.15, 0.2) is 47.5 Å². The number of hydrogen-bond donors (Lipinski definition) is 1. The van der Waals surface area contributed by atoms with Crippen molar-refractivity contribution >= 4 is 23.8 Å². The number of esters is 1. The minimum absolute atomic E-state index is 0.0610. The molecule has 0 bridgehead atoms. The van der Waals surface area contributed by atoms with E-state index in [0.717, 1.165) is 11.1 Å². The highest BCUT2D eigenvalue weighted by Gasteiger charge is 2.28. The lowest BCUT2D eigenvalue weighted by Gasteiger charge is -2.29. The number of amides is 2. The predicted octanol–water partition coefficient (Wildman–Crippen LogP) is 4.25. The van der Waals surface area contributed by atoms with Gasteiger partial charge in [0, 0.05) is 17.7 Å². The number of aliphatic imine (C=N–C) groups is 1. The Bertz CT molecular complexity index is 1190. The summed E-state index contributed by atoms with van der Waals surface area (Å²) in [6.45, 7) is 11.3. The van der Waals surface area contributed by atoms with Crippen molar-refractivity contribution in [1.29, 1.82) is 0 Å². The maximum Gasteiger partial charge on any atom is 0.436 e. The van der Waals surface area contributed by atoms with E-state index in [1.165, 1.54) is 4.90 Å². The lowest BCUT2D eigenvalue weighted by molar-refractivity contribution is -0.155. The Morgan fingerprint density at radius 1 is 0.973 bits per heavy atom. The smallest absolute Gasteiger partial charge is 0.436 e. The van der Waals surface area contributed by atoms with Crippen molar-refractivity contribution in [3.05, 3.63) is 64.7 Å². The summed E-state index contributed by atoms with van der Waals surface area (Å²) in [6.07, 6.45) is -0.0956. The zero-order valence-electron chi connectivity index (χ0n) is 22.3. The highest BCUT2D eigenvalue weighted by molar-refractivity contribution is 6.02. The lowest BCUT2D eigenvalue weighted by Crippen LogP contribution is -2.42. The Morgan fingerprint density at radius 2 is 1.62 bits per heavy atom. The topological polar surface area (TPSA) is 121 Å². The molecule has 1 heterocycles. The number of rotatable bonds is 6. The van der Waals surface area contributed by atoms with Crippen LogP contribution in [0.1, 0.15) is 68.6 Å². The number of carbonyl (C=O) groups is 3. The van der Waals surface area contributed by atoms with Gasteiger partial charge >= 0.3 is 12.1 Å². The monoisotopic (exact) mass is 509 g/mol. The molecule has 2 aromatic carbocycles. The number of amidine groups is 1. The van der Waals surface area contributed by atoms with Crippen LogP contribution in [0.25, 0.3) is 0 Å². The second-order valence-electron chi connectivity index (χ2n) is 10.8. The van der Waals surface area contributed by atoms with E-state index in [9.17, 15) is 14.4 Å². The molecule has 0 saturated carbocycles. The molecule has 9 heteroatoms. The Hall–Kier alpha value is -3.88. The average molecular weight is 510 g/mol. The van der Waals surface area contributed by atoms with Gasteiger partial charge in [0.15, 0.2) is 0 Å². The van der Waals surface area contributed by atoms with Gasteiger partial charge in [-0.05, 0) is 71.2 Å². The largest absolute Gasteiger partial charge is 0.489 e. The van der Waals surface area contributed by atoms with Crippen LogP contribution in [0.3, 0.4) is 0 Å². The third-order valence-corrected chi connectivity index (χ3v) is 5.25. The molecule has 0 saturated heterocycles. The van der Waals surface area contributed by atoms with Crippen LogP contribution in [0, 0.1) is 0 Å². The van der Waals surface area contributed by atoms with Crippen molar-refractivity contribution in [2.45, 2.75) is 65.8 Å². The number of fused-ring (bicyclic) bond motifs is 1. The minimum Gasteiger partial charge on any atom is -0.489 e. The lowest BCUT2D eigenvalue weighted by atomic mass is 9.98. The second-order valence-corrected chi connectivity index (χ2v) is 10.8.